The van der Waals surface area contributed by atoms with Crippen molar-refractivity contribution < 1.29 is 4.79 Å². The van der Waals surface area contributed by atoms with Gasteiger partial charge in [-0.05, 0) is 31.1 Å². The van der Waals surface area contributed by atoms with Crippen LogP contribution in [0.25, 0.3) is 6.08 Å². The summed E-state index contributed by atoms with van der Waals surface area (Å²) in [6, 6.07) is 6.18. The molecule has 2 rings (SSSR count). The fourth-order valence-electron chi connectivity index (χ4n) is 1.48. The Bertz CT molecular complexity index is 506. The molecule has 1 N–H and O–H groups in total. The van der Waals surface area contributed by atoms with E-state index in [-0.39, 0.29) is 5.91 Å². The third kappa shape index (κ3) is 2.33. The van der Waals surface area contributed by atoms with Gasteiger partial charge in [0.25, 0.3) is 5.91 Å². The van der Waals surface area contributed by atoms with Crippen LogP contribution in [-0.4, -0.2) is 10.2 Å². The Balaban J connectivity index is 2.39. The molecule has 1 fully saturated rings. The fourth-order valence-corrected chi connectivity index (χ4v) is 2.51. The lowest BCUT2D eigenvalue weighted by atomic mass is 10.1. The van der Waals surface area contributed by atoms with Crippen molar-refractivity contribution in [3.63, 3.8) is 0 Å². The lowest BCUT2D eigenvalue weighted by molar-refractivity contribution is -0.115. The van der Waals surface area contributed by atoms with E-state index in [1.54, 1.807) is 0 Å². The summed E-state index contributed by atoms with van der Waals surface area (Å²) in [6.45, 7) is 4.07. The van der Waals surface area contributed by atoms with E-state index in [4.69, 9.17) is 12.2 Å². The van der Waals surface area contributed by atoms with Crippen LogP contribution in [0.15, 0.2) is 23.1 Å². The summed E-state index contributed by atoms with van der Waals surface area (Å²) in [4.78, 5) is 12.2. The molecule has 1 amide bonds. The van der Waals surface area contributed by atoms with Crippen molar-refractivity contribution in [2.45, 2.75) is 13.8 Å². The van der Waals surface area contributed by atoms with E-state index < -0.39 is 0 Å². The Morgan fingerprint density at radius 2 is 2.12 bits per heavy atom. The molecule has 1 heterocycles. The van der Waals surface area contributed by atoms with E-state index in [1.807, 2.05) is 19.9 Å². The van der Waals surface area contributed by atoms with E-state index in [0.717, 1.165) is 11.1 Å². The van der Waals surface area contributed by atoms with Gasteiger partial charge >= 0.3 is 0 Å². The zero-order chi connectivity index (χ0) is 11.7. The van der Waals surface area contributed by atoms with E-state index in [9.17, 15) is 4.79 Å². The van der Waals surface area contributed by atoms with Gasteiger partial charge in [0.05, 0.1) is 4.91 Å². The molecule has 0 saturated carbocycles. The number of hydrogen-bond acceptors (Lipinski definition) is 3. The Kier molecular flexibility index (Phi) is 3.12. The van der Waals surface area contributed by atoms with Crippen LogP contribution in [0.3, 0.4) is 0 Å². The fraction of sp³-hybridized carbons (Fsp3) is 0.167. The number of thiocarbonyl (C=S) groups is 1. The van der Waals surface area contributed by atoms with E-state index >= 15 is 0 Å². The molecule has 0 radical (unpaired) electrons. The zero-order valence-electron chi connectivity index (χ0n) is 9.03. The minimum atomic E-state index is -0.101. The summed E-state index contributed by atoms with van der Waals surface area (Å²) < 4.78 is 0.529. The Labute approximate surface area is 104 Å². The van der Waals surface area contributed by atoms with Gasteiger partial charge in [-0.15, -0.1) is 0 Å². The maximum atomic E-state index is 11.5. The van der Waals surface area contributed by atoms with Gasteiger partial charge in [-0.1, -0.05) is 47.7 Å². The summed E-state index contributed by atoms with van der Waals surface area (Å²) >= 11 is 6.25. The highest BCUT2D eigenvalue weighted by atomic mass is 32.2. The van der Waals surface area contributed by atoms with Crippen molar-refractivity contribution in [1.82, 2.24) is 5.32 Å². The average molecular weight is 249 g/mol. The molecular formula is C12H11NOS2. The van der Waals surface area contributed by atoms with Crippen molar-refractivity contribution in [1.29, 1.82) is 0 Å². The number of hydrogen-bond donors (Lipinski definition) is 1. The Morgan fingerprint density at radius 1 is 1.38 bits per heavy atom. The molecule has 0 aromatic heterocycles. The Hall–Kier alpha value is -1.13. The molecule has 0 atom stereocenters. The molecule has 0 bridgehead atoms. The van der Waals surface area contributed by atoms with Crippen LogP contribution in [-0.2, 0) is 4.79 Å². The van der Waals surface area contributed by atoms with Crippen LogP contribution in [0.4, 0.5) is 0 Å². The normalized spacial score (nSPS) is 18.0. The van der Waals surface area contributed by atoms with E-state index in [1.165, 1.54) is 17.3 Å². The predicted octanol–water partition coefficient (Wildman–Crippen LogP) is 2.79. The standard InChI is InChI=1S/C12H11NOS2/c1-7-3-4-8(2)9(5-7)6-10-11(14)13-12(15)16-10/h3-6H,1-2H3,(H,13,14,15)/b10-6-. The lowest BCUT2D eigenvalue weighted by Gasteiger charge is -2.02. The molecule has 1 aromatic rings. The van der Waals surface area contributed by atoms with Crippen LogP contribution in [0, 0.1) is 13.8 Å². The third-order valence-electron chi connectivity index (χ3n) is 2.36. The second-order valence-corrected chi connectivity index (χ2v) is 5.43. The number of amides is 1. The molecular weight excluding hydrogens is 238 g/mol. The molecule has 0 spiro atoms. The lowest BCUT2D eigenvalue weighted by Crippen LogP contribution is -2.17. The largest absolute Gasteiger partial charge is 0.307 e. The highest BCUT2D eigenvalue weighted by Gasteiger charge is 2.22. The van der Waals surface area contributed by atoms with Gasteiger partial charge in [-0.3, -0.25) is 4.79 Å². The smallest absolute Gasteiger partial charge is 0.263 e. The molecule has 1 saturated heterocycles. The van der Waals surface area contributed by atoms with Gasteiger partial charge in [0.2, 0.25) is 0 Å². The minimum absolute atomic E-state index is 0.101. The molecule has 1 aromatic carbocycles. The maximum absolute atomic E-state index is 11.5. The van der Waals surface area contributed by atoms with Gasteiger partial charge in [0, 0.05) is 0 Å². The first-order valence-corrected chi connectivity index (χ1v) is 6.11. The van der Waals surface area contributed by atoms with Gasteiger partial charge in [-0.2, -0.15) is 0 Å². The summed E-state index contributed by atoms with van der Waals surface area (Å²) in [5.41, 5.74) is 3.41. The van der Waals surface area contributed by atoms with Crippen molar-refractivity contribution in [2.24, 2.45) is 0 Å². The van der Waals surface area contributed by atoms with Gasteiger partial charge in [-0.25, -0.2) is 0 Å². The number of aryl methyl sites for hydroxylation is 2. The maximum Gasteiger partial charge on any atom is 0.263 e. The zero-order valence-corrected chi connectivity index (χ0v) is 10.7. The molecule has 4 heteroatoms. The monoisotopic (exact) mass is 249 g/mol. The first-order valence-electron chi connectivity index (χ1n) is 4.88. The SMILES string of the molecule is Cc1ccc(C)c(/C=C2\SC(=S)NC2=O)c1. The quantitative estimate of drug-likeness (QED) is 0.613. The highest BCUT2D eigenvalue weighted by Crippen LogP contribution is 2.26. The number of carbonyl (C=O) groups excluding carboxylic acids is 1. The summed E-state index contributed by atoms with van der Waals surface area (Å²) in [7, 11) is 0. The first-order chi connectivity index (χ1) is 7.56. The number of carbonyl (C=O) groups is 1. The molecule has 1 aliphatic rings. The highest BCUT2D eigenvalue weighted by molar-refractivity contribution is 8.26. The van der Waals surface area contributed by atoms with Crippen LogP contribution in [0.2, 0.25) is 0 Å². The van der Waals surface area contributed by atoms with Crippen molar-refractivity contribution in [2.75, 3.05) is 0 Å². The third-order valence-corrected chi connectivity index (χ3v) is 3.53. The summed E-state index contributed by atoms with van der Waals surface area (Å²) in [6.07, 6.45) is 1.89. The minimum Gasteiger partial charge on any atom is -0.307 e. The number of benzene rings is 1. The average Bonchev–Trinajstić information content (AvgIpc) is 2.51. The van der Waals surface area contributed by atoms with Crippen LogP contribution in [0.1, 0.15) is 16.7 Å². The van der Waals surface area contributed by atoms with Crippen LogP contribution < -0.4 is 5.32 Å². The second-order valence-electron chi connectivity index (χ2n) is 3.71. The van der Waals surface area contributed by atoms with Gasteiger partial charge in [0.1, 0.15) is 4.32 Å². The molecule has 0 aliphatic carbocycles. The van der Waals surface area contributed by atoms with Gasteiger partial charge < -0.3 is 5.32 Å². The first kappa shape index (κ1) is 11.4. The van der Waals surface area contributed by atoms with Crippen molar-refractivity contribution in [3.05, 3.63) is 39.8 Å². The topological polar surface area (TPSA) is 29.1 Å². The molecule has 0 unspecified atom stereocenters. The molecule has 2 nitrogen and oxygen atoms in total. The van der Waals surface area contributed by atoms with Crippen LogP contribution in [0.5, 0.6) is 0 Å². The Morgan fingerprint density at radius 3 is 2.75 bits per heavy atom. The summed E-state index contributed by atoms with van der Waals surface area (Å²) in [5, 5.41) is 2.61. The van der Waals surface area contributed by atoms with Crippen molar-refractivity contribution in [3.8, 4) is 0 Å². The number of rotatable bonds is 1. The summed E-state index contributed by atoms with van der Waals surface area (Å²) in [5.74, 6) is -0.101. The van der Waals surface area contributed by atoms with E-state index in [2.05, 4.69) is 23.5 Å². The molecule has 16 heavy (non-hydrogen) atoms. The van der Waals surface area contributed by atoms with Gasteiger partial charge in [0.15, 0.2) is 0 Å². The number of nitrogens with one attached hydrogen (secondary N) is 1. The molecule has 82 valence electrons. The van der Waals surface area contributed by atoms with E-state index in [0.29, 0.717) is 9.23 Å². The second kappa shape index (κ2) is 4.39. The molecule has 1 aliphatic heterocycles. The number of thioether (sulfide) groups is 1. The van der Waals surface area contributed by atoms with Crippen molar-refractivity contribution >= 4 is 40.3 Å². The predicted molar refractivity (Wildman–Crippen MR) is 72.2 cm³/mol. The van der Waals surface area contributed by atoms with Crippen LogP contribution >= 0.6 is 24.0 Å².